The van der Waals surface area contributed by atoms with E-state index in [0.717, 1.165) is 22.2 Å². The zero-order valence-corrected chi connectivity index (χ0v) is 11.5. The molecule has 1 aliphatic rings. The standard InChI is InChI=1S/C17H14N2O2/c1-10-5-7-11(8-6-10)19-16-13-9-18-14-4-2-3-12(15(13)14)17(20)21-16/h2-9,16,18-19H,1H3/t16-/m0/s1. The Labute approximate surface area is 121 Å². The van der Waals surface area contributed by atoms with Crippen LogP contribution in [0.2, 0.25) is 0 Å². The summed E-state index contributed by atoms with van der Waals surface area (Å²) in [5, 5.41) is 4.21. The van der Waals surface area contributed by atoms with E-state index in [0.29, 0.717) is 5.56 Å². The number of aryl methyl sites for hydroxylation is 1. The molecule has 0 unspecified atom stereocenters. The third kappa shape index (κ3) is 1.88. The number of ether oxygens (including phenoxy) is 1. The Hall–Kier alpha value is -2.75. The van der Waals surface area contributed by atoms with Gasteiger partial charge in [0.25, 0.3) is 0 Å². The number of carbonyl (C=O) groups excluding carboxylic acids is 1. The number of carbonyl (C=O) groups is 1. The zero-order chi connectivity index (χ0) is 14.4. The Morgan fingerprint density at radius 2 is 1.95 bits per heavy atom. The number of H-pyrrole nitrogens is 1. The van der Waals surface area contributed by atoms with E-state index in [1.165, 1.54) is 5.56 Å². The molecule has 4 rings (SSSR count). The number of hydrogen-bond donors (Lipinski definition) is 2. The number of nitrogens with one attached hydrogen (secondary N) is 2. The molecular formula is C17H14N2O2. The summed E-state index contributed by atoms with van der Waals surface area (Å²) in [6.07, 6.45) is 1.43. The second kappa shape index (κ2) is 4.38. The Morgan fingerprint density at radius 1 is 1.14 bits per heavy atom. The minimum atomic E-state index is -0.469. The lowest BCUT2D eigenvalue weighted by Crippen LogP contribution is -2.22. The van der Waals surface area contributed by atoms with Crippen molar-refractivity contribution in [1.82, 2.24) is 4.98 Å². The monoisotopic (exact) mass is 278 g/mol. The smallest absolute Gasteiger partial charge is 0.341 e. The Balaban J connectivity index is 1.77. The Kier molecular flexibility index (Phi) is 2.51. The topological polar surface area (TPSA) is 54.1 Å². The molecule has 1 atom stereocenters. The number of benzene rings is 2. The first-order chi connectivity index (χ1) is 10.2. The summed E-state index contributed by atoms with van der Waals surface area (Å²) in [6, 6.07) is 13.6. The highest BCUT2D eigenvalue weighted by Crippen LogP contribution is 2.35. The van der Waals surface area contributed by atoms with Crippen LogP contribution in [-0.4, -0.2) is 11.0 Å². The van der Waals surface area contributed by atoms with Gasteiger partial charge >= 0.3 is 5.97 Å². The summed E-state index contributed by atoms with van der Waals surface area (Å²) in [5.74, 6) is -0.294. The van der Waals surface area contributed by atoms with Crippen LogP contribution in [0.15, 0.2) is 48.7 Å². The first-order valence-electron chi connectivity index (χ1n) is 6.86. The van der Waals surface area contributed by atoms with Gasteiger partial charge in [0, 0.05) is 28.4 Å². The summed E-state index contributed by atoms with van der Waals surface area (Å²) < 4.78 is 5.53. The number of hydrogen-bond acceptors (Lipinski definition) is 3. The Morgan fingerprint density at radius 3 is 2.76 bits per heavy atom. The predicted octanol–water partition coefficient (Wildman–Crippen LogP) is 3.76. The van der Waals surface area contributed by atoms with Gasteiger partial charge in [-0.2, -0.15) is 0 Å². The molecule has 0 aliphatic carbocycles. The fourth-order valence-electron chi connectivity index (χ4n) is 2.73. The van der Waals surface area contributed by atoms with Gasteiger partial charge in [0.1, 0.15) is 0 Å². The molecule has 0 radical (unpaired) electrons. The van der Waals surface area contributed by atoms with Crippen LogP contribution in [0, 0.1) is 6.92 Å². The van der Waals surface area contributed by atoms with E-state index in [4.69, 9.17) is 4.74 Å². The molecule has 3 aromatic rings. The largest absolute Gasteiger partial charge is 0.434 e. The van der Waals surface area contributed by atoms with E-state index in [1.807, 2.05) is 49.5 Å². The van der Waals surface area contributed by atoms with Gasteiger partial charge in [-0.25, -0.2) is 4.79 Å². The van der Waals surface area contributed by atoms with Crippen LogP contribution < -0.4 is 5.32 Å². The van der Waals surface area contributed by atoms with Gasteiger partial charge in [0.05, 0.1) is 5.56 Å². The first-order valence-corrected chi connectivity index (χ1v) is 6.86. The van der Waals surface area contributed by atoms with E-state index < -0.39 is 6.23 Å². The van der Waals surface area contributed by atoms with E-state index in [-0.39, 0.29) is 5.97 Å². The lowest BCUT2D eigenvalue weighted by atomic mass is 10.0. The van der Waals surface area contributed by atoms with E-state index in [9.17, 15) is 4.79 Å². The summed E-state index contributed by atoms with van der Waals surface area (Å²) in [7, 11) is 0. The predicted molar refractivity (Wildman–Crippen MR) is 81.3 cm³/mol. The van der Waals surface area contributed by atoms with Crippen molar-refractivity contribution < 1.29 is 9.53 Å². The van der Waals surface area contributed by atoms with Crippen molar-refractivity contribution in [3.05, 3.63) is 65.4 Å². The third-order valence-corrected chi connectivity index (χ3v) is 3.81. The van der Waals surface area contributed by atoms with Crippen LogP contribution in [0.1, 0.15) is 27.7 Å². The highest BCUT2D eigenvalue weighted by molar-refractivity contribution is 6.07. The van der Waals surface area contributed by atoms with Crippen LogP contribution in [-0.2, 0) is 4.74 Å². The van der Waals surface area contributed by atoms with Crippen LogP contribution in [0.5, 0.6) is 0 Å². The van der Waals surface area contributed by atoms with Crippen LogP contribution in [0.3, 0.4) is 0 Å². The first kappa shape index (κ1) is 12.0. The van der Waals surface area contributed by atoms with Gasteiger partial charge in [0.15, 0.2) is 0 Å². The molecule has 0 bridgehead atoms. The Bertz CT molecular complexity index is 834. The second-order valence-electron chi connectivity index (χ2n) is 5.27. The molecule has 4 heteroatoms. The average molecular weight is 278 g/mol. The third-order valence-electron chi connectivity index (χ3n) is 3.81. The van der Waals surface area contributed by atoms with Gasteiger partial charge in [-0.3, -0.25) is 0 Å². The van der Waals surface area contributed by atoms with Crippen molar-refractivity contribution in [2.24, 2.45) is 0 Å². The van der Waals surface area contributed by atoms with Crippen molar-refractivity contribution in [1.29, 1.82) is 0 Å². The maximum Gasteiger partial charge on any atom is 0.341 e. The molecule has 0 spiro atoms. The lowest BCUT2D eigenvalue weighted by molar-refractivity contribution is 0.0344. The van der Waals surface area contributed by atoms with Crippen LogP contribution >= 0.6 is 0 Å². The number of aromatic nitrogens is 1. The molecule has 0 amide bonds. The van der Waals surface area contributed by atoms with Gasteiger partial charge < -0.3 is 15.0 Å². The number of cyclic esters (lactones) is 1. The lowest BCUT2D eigenvalue weighted by Gasteiger charge is -2.24. The number of anilines is 1. The highest BCUT2D eigenvalue weighted by Gasteiger charge is 2.29. The molecule has 1 aliphatic heterocycles. The quantitative estimate of drug-likeness (QED) is 0.702. The SMILES string of the molecule is Cc1ccc(N[C@H]2OC(=O)c3cccc4[nH]cc2c34)cc1. The zero-order valence-electron chi connectivity index (χ0n) is 11.5. The molecular weight excluding hydrogens is 264 g/mol. The molecule has 4 nitrogen and oxygen atoms in total. The molecule has 0 saturated carbocycles. The number of esters is 1. The molecule has 2 N–H and O–H groups in total. The summed E-state index contributed by atoms with van der Waals surface area (Å²) >= 11 is 0. The fourth-order valence-corrected chi connectivity index (χ4v) is 2.73. The average Bonchev–Trinajstić information content (AvgIpc) is 2.92. The van der Waals surface area contributed by atoms with Gasteiger partial charge in [-0.1, -0.05) is 23.8 Å². The maximum atomic E-state index is 12.1. The molecule has 0 fully saturated rings. The molecule has 2 heterocycles. The highest BCUT2D eigenvalue weighted by atomic mass is 16.6. The van der Waals surface area contributed by atoms with Crippen molar-refractivity contribution in [2.75, 3.05) is 5.32 Å². The minimum absolute atomic E-state index is 0.294. The van der Waals surface area contributed by atoms with Crippen molar-refractivity contribution in [3.8, 4) is 0 Å². The fraction of sp³-hybridized carbons (Fsp3) is 0.118. The van der Waals surface area contributed by atoms with E-state index in [2.05, 4.69) is 10.3 Å². The molecule has 104 valence electrons. The van der Waals surface area contributed by atoms with Crippen LogP contribution in [0.4, 0.5) is 5.69 Å². The van der Waals surface area contributed by atoms with Crippen molar-refractivity contribution in [2.45, 2.75) is 13.2 Å². The van der Waals surface area contributed by atoms with Gasteiger partial charge in [0.2, 0.25) is 6.23 Å². The van der Waals surface area contributed by atoms with E-state index >= 15 is 0 Å². The summed E-state index contributed by atoms with van der Waals surface area (Å²) in [5.41, 5.74) is 4.64. The minimum Gasteiger partial charge on any atom is -0.434 e. The van der Waals surface area contributed by atoms with Gasteiger partial charge in [-0.05, 0) is 31.2 Å². The summed E-state index contributed by atoms with van der Waals surface area (Å²) in [4.78, 5) is 15.3. The van der Waals surface area contributed by atoms with Gasteiger partial charge in [-0.15, -0.1) is 0 Å². The maximum absolute atomic E-state index is 12.1. The molecule has 0 saturated heterocycles. The molecule has 21 heavy (non-hydrogen) atoms. The number of rotatable bonds is 2. The van der Waals surface area contributed by atoms with Crippen molar-refractivity contribution >= 4 is 22.6 Å². The summed E-state index contributed by atoms with van der Waals surface area (Å²) in [6.45, 7) is 2.04. The molecule has 1 aromatic heterocycles. The van der Waals surface area contributed by atoms with E-state index in [1.54, 1.807) is 6.07 Å². The van der Waals surface area contributed by atoms with Crippen molar-refractivity contribution in [3.63, 3.8) is 0 Å². The van der Waals surface area contributed by atoms with Crippen LogP contribution in [0.25, 0.3) is 10.9 Å². The molecule has 2 aromatic carbocycles. The second-order valence-corrected chi connectivity index (χ2v) is 5.27. The normalized spacial score (nSPS) is 16.8. The number of aromatic amines is 1.